The molecule has 1 fully saturated rings. The fourth-order valence-corrected chi connectivity index (χ4v) is 2.17. The monoisotopic (exact) mass is 226 g/mol. The molecule has 86 valence electrons. The van der Waals surface area contributed by atoms with Crippen molar-refractivity contribution in [1.29, 1.82) is 0 Å². The van der Waals surface area contributed by atoms with Gasteiger partial charge in [0.05, 0.1) is 5.69 Å². The molecule has 1 aliphatic carbocycles. The Morgan fingerprint density at radius 2 is 1.82 bits per heavy atom. The predicted octanol–water partition coefficient (Wildman–Crippen LogP) is 2.70. The maximum atomic E-state index is 10.9. The van der Waals surface area contributed by atoms with Crippen molar-refractivity contribution < 1.29 is 0 Å². The van der Waals surface area contributed by atoms with Crippen LogP contribution in [0.5, 0.6) is 0 Å². The lowest BCUT2D eigenvalue weighted by Gasteiger charge is -2.25. The van der Waals surface area contributed by atoms with Crippen LogP contribution in [0.15, 0.2) is 41.2 Å². The normalized spacial score (nSPS) is 15.5. The molecule has 0 bridgehead atoms. The molecule has 0 amide bonds. The summed E-state index contributed by atoms with van der Waals surface area (Å²) in [6, 6.07) is 11.7. The lowest BCUT2D eigenvalue weighted by molar-refractivity contribution is 0.420. The molecule has 17 heavy (non-hydrogen) atoms. The number of aromatic nitrogens is 2. The van der Waals surface area contributed by atoms with E-state index in [1.54, 1.807) is 6.07 Å². The van der Waals surface area contributed by atoms with E-state index in [4.69, 9.17) is 0 Å². The third-order valence-corrected chi connectivity index (χ3v) is 3.46. The van der Waals surface area contributed by atoms with Gasteiger partial charge in [0.1, 0.15) is 0 Å². The van der Waals surface area contributed by atoms with E-state index in [2.05, 4.69) is 34.5 Å². The summed E-state index contributed by atoms with van der Waals surface area (Å²) in [7, 11) is 0. The van der Waals surface area contributed by atoms with E-state index in [0.29, 0.717) is 0 Å². The first-order valence-electron chi connectivity index (χ1n) is 5.99. The first-order chi connectivity index (χ1) is 8.33. The van der Waals surface area contributed by atoms with Crippen LogP contribution in [-0.4, -0.2) is 10.2 Å². The summed E-state index contributed by atoms with van der Waals surface area (Å²) in [6.45, 7) is 0. The Labute approximate surface area is 99.5 Å². The molecular formula is C14H14N2O. The van der Waals surface area contributed by atoms with Crippen LogP contribution in [0.25, 0.3) is 11.3 Å². The molecule has 0 saturated heterocycles. The van der Waals surface area contributed by atoms with Gasteiger partial charge in [-0.1, -0.05) is 30.7 Å². The zero-order chi connectivity index (χ0) is 11.7. The molecular weight excluding hydrogens is 212 g/mol. The van der Waals surface area contributed by atoms with E-state index in [1.165, 1.54) is 30.9 Å². The van der Waals surface area contributed by atoms with Crippen LogP contribution >= 0.6 is 0 Å². The van der Waals surface area contributed by atoms with Crippen LogP contribution in [0, 0.1) is 0 Å². The van der Waals surface area contributed by atoms with Crippen LogP contribution in [0.2, 0.25) is 0 Å². The third kappa shape index (κ3) is 2.00. The van der Waals surface area contributed by atoms with Crippen molar-refractivity contribution in [1.82, 2.24) is 10.2 Å². The lowest BCUT2D eigenvalue weighted by atomic mass is 9.80. The number of hydrogen-bond donors (Lipinski definition) is 1. The lowest BCUT2D eigenvalue weighted by Crippen LogP contribution is -2.08. The van der Waals surface area contributed by atoms with Gasteiger partial charge in [0.2, 0.25) is 0 Å². The molecule has 3 rings (SSSR count). The van der Waals surface area contributed by atoms with Gasteiger partial charge in [-0.3, -0.25) is 4.79 Å². The Hall–Kier alpha value is -1.90. The molecule has 0 aliphatic heterocycles. The minimum absolute atomic E-state index is 0.167. The molecule has 0 unspecified atom stereocenters. The highest BCUT2D eigenvalue weighted by molar-refractivity contribution is 5.58. The fraction of sp³-hybridized carbons (Fsp3) is 0.286. The Morgan fingerprint density at radius 3 is 2.35 bits per heavy atom. The van der Waals surface area contributed by atoms with Crippen LogP contribution in [0.1, 0.15) is 30.7 Å². The van der Waals surface area contributed by atoms with Gasteiger partial charge >= 0.3 is 0 Å². The summed E-state index contributed by atoms with van der Waals surface area (Å²) in [6.07, 6.45) is 3.99. The Kier molecular flexibility index (Phi) is 2.52. The zero-order valence-electron chi connectivity index (χ0n) is 9.52. The zero-order valence-corrected chi connectivity index (χ0v) is 9.52. The van der Waals surface area contributed by atoms with Crippen molar-refractivity contribution in [3.8, 4) is 11.3 Å². The summed E-state index contributed by atoms with van der Waals surface area (Å²) in [5.74, 6) is 0.757. The van der Waals surface area contributed by atoms with Gasteiger partial charge in [-0.05, 0) is 30.4 Å². The van der Waals surface area contributed by atoms with Gasteiger partial charge in [0, 0.05) is 11.6 Å². The summed E-state index contributed by atoms with van der Waals surface area (Å²) in [5, 5.41) is 6.47. The number of rotatable bonds is 2. The highest BCUT2D eigenvalue weighted by atomic mass is 16.1. The molecule has 3 heteroatoms. The van der Waals surface area contributed by atoms with Crippen LogP contribution in [-0.2, 0) is 0 Å². The van der Waals surface area contributed by atoms with Gasteiger partial charge in [-0.15, -0.1) is 0 Å². The number of hydrogen-bond acceptors (Lipinski definition) is 2. The van der Waals surface area contributed by atoms with Crippen molar-refractivity contribution in [3.63, 3.8) is 0 Å². The Morgan fingerprint density at radius 1 is 1.06 bits per heavy atom. The van der Waals surface area contributed by atoms with E-state index in [1.807, 2.05) is 0 Å². The van der Waals surface area contributed by atoms with E-state index in [-0.39, 0.29) is 5.56 Å². The quantitative estimate of drug-likeness (QED) is 0.855. The van der Waals surface area contributed by atoms with Crippen LogP contribution in [0.3, 0.4) is 0 Å². The maximum absolute atomic E-state index is 10.9. The van der Waals surface area contributed by atoms with E-state index >= 15 is 0 Å². The van der Waals surface area contributed by atoms with E-state index in [0.717, 1.165) is 17.2 Å². The van der Waals surface area contributed by atoms with Gasteiger partial charge in [-0.2, -0.15) is 5.10 Å². The number of benzene rings is 1. The smallest absolute Gasteiger partial charge is 0.264 e. The van der Waals surface area contributed by atoms with Crippen LogP contribution in [0.4, 0.5) is 0 Å². The van der Waals surface area contributed by atoms with Crippen molar-refractivity contribution in [3.05, 3.63) is 52.3 Å². The number of H-pyrrole nitrogens is 1. The van der Waals surface area contributed by atoms with Crippen LogP contribution < -0.4 is 5.56 Å². The summed E-state index contributed by atoms with van der Waals surface area (Å²) < 4.78 is 0. The molecule has 1 aromatic carbocycles. The molecule has 1 N–H and O–H groups in total. The third-order valence-electron chi connectivity index (χ3n) is 3.46. The number of aromatic amines is 1. The molecule has 0 radical (unpaired) electrons. The molecule has 1 aromatic heterocycles. The van der Waals surface area contributed by atoms with E-state index in [9.17, 15) is 4.79 Å². The van der Waals surface area contributed by atoms with Crippen molar-refractivity contribution in [2.75, 3.05) is 0 Å². The topological polar surface area (TPSA) is 45.8 Å². The molecule has 0 spiro atoms. The van der Waals surface area contributed by atoms with Crippen molar-refractivity contribution in [2.45, 2.75) is 25.2 Å². The van der Waals surface area contributed by atoms with Gasteiger partial charge in [-0.25, -0.2) is 5.10 Å². The molecule has 1 aliphatic rings. The standard InChI is InChI=1S/C14H14N2O/c17-14-9-8-13(15-16-14)12-6-4-11(5-7-12)10-2-1-3-10/h4-10H,1-3H2,(H,16,17). The van der Waals surface area contributed by atoms with Gasteiger partial charge < -0.3 is 0 Å². The van der Waals surface area contributed by atoms with Gasteiger partial charge in [0.15, 0.2) is 0 Å². The average molecular weight is 226 g/mol. The summed E-state index contributed by atoms with van der Waals surface area (Å²) in [4.78, 5) is 10.9. The first kappa shape index (κ1) is 10.3. The Bertz CT molecular complexity index is 547. The molecule has 1 saturated carbocycles. The van der Waals surface area contributed by atoms with Crippen molar-refractivity contribution >= 4 is 0 Å². The Balaban J connectivity index is 1.88. The minimum Gasteiger partial charge on any atom is -0.268 e. The van der Waals surface area contributed by atoms with E-state index < -0.39 is 0 Å². The highest BCUT2D eigenvalue weighted by Crippen LogP contribution is 2.36. The van der Waals surface area contributed by atoms with Crippen molar-refractivity contribution in [2.24, 2.45) is 0 Å². The second-order valence-electron chi connectivity index (χ2n) is 4.56. The number of nitrogens with one attached hydrogen (secondary N) is 1. The molecule has 0 atom stereocenters. The van der Waals surface area contributed by atoms with Gasteiger partial charge in [0.25, 0.3) is 5.56 Å². The maximum Gasteiger partial charge on any atom is 0.264 e. The highest BCUT2D eigenvalue weighted by Gasteiger charge is 2.18. The number of nitrogens with zero attached hydrogens (tertiary/aromatic N) is 1. The second-order valence-corrected chi connectivity index (χ2v) is 4.56. The average Bonchev–Trinajstić information content (AvgIpc) is 2.29. The predicted molar refractivity (Wildman–Crippen MR) is 66.9 cm³/mol. The molecule has 1 heterocycles. The molecule has 2 aromatic rings. The SMILES string of the molecule is O=c1ccc(-c2ccc(C3CCC3)cc2)n[nH]1. The minimum atomic E-state index is -0.167. The summed E-state index contributed by atoms with van der Waals surface area (Å²) in [5.41, 5.74) is 3.11. The first-order valence-corrected chi connectivity index (χ1v) is 5.99. The summed E-state index contributed by atoms with van der Waals surface area (Å²) >= 11 is 0. The molecule has 3 nitrogen and oxygen atoms in total. The largest absolute Gasteiger partial charge is 0.268 e. The second kappa shape index (κ2) is 4.17. The fourth-order valence-electron chi connectivity index (χ4n) is 2.17.